The topological polar surface area (TPSA) is 50.4 Å². The Balaban J connectivity index is 2.23. The van der Waals surface area contributed by atoms with Crippen LogP contribution in [0.1, 0.15) is 43.2 Å². The van der Waals surface area contributed by atoms with Gasteiger partial charge in [-0.25, -0.2) is 5.84 Å². The largest absolute Gasteiger partial charge is 0.308 e. The Kier molecular flexibility index (Phi) is 4.61. The lowest BCUT2D eigenvalue weighted by Gasteiger charge is -2.19. The van der Waals surface area contributed by atoms with Gasteiger partial charge in [-0.2, -0.15) is 0 Å². The van der Waals surface area contributed by atoms with Crippen LogP contribution in [0.4, 0.5) is 0 Å². The average Bonchev–Trinajstić information content (AvgIpc) is 2.38. The number of nitrogens with two attached hydrogens (primary N) is 1. The number of halogens is 1. The molecule has 98 valence electrons. The SMILES string of the molecule is Cc1cc(Cl)ccc1C(=NC1CCCCC1)NN. The van der Waals surface area contributed by atoms with Crippen LogP contribution < -0.4 is 11.3 Å². The Labute approximate surface area is 113 Å². The van der Waals surface area contributed by atoms with E-state index >= 15 is 0 Å². The van der Waals surface area contributed by atoms with Gasteiger partial charge in [0.2, 0.25) is 0 Å². The van der Waals surface area contributed by atoms with Crippen molar-refractivity contribution in [1.29, 1.82) is 0 Å². The van der Waals surface area contributed by atoms with Gasteiger partial charge in [0.15, 0.2) is 0 Å². The van der Waals surface area contributed by atoms with Crippen LogP contribution in [0.25, 0.3) is 0 Å². The summed E-state index contributed by atoms with van der Waals surface area (Å²) in [6.07, 6.45) is 6.20. The first kappa shape index (κ1) is 13.4. The van der Waals surface area contributed by atoms with Crippen molar-refractivity contribution in [3.8, 4) is 0 Å². The van der Waals surface area contributed by atoms with Crippen LogP contribution in [0, 0.1) is 6.92 Å². The molecule has 1 aliphatic rings. The maximum absolute atomic E-state index is 5.97. The number of amidine groups is 1. The summed E-state index contributed by atoms with van der Waals surface area (Å²) < 4.78 is 0. The first-order chi connectivity index (χ1) is 8.70. The van der Waals surface area contributed by atoms with Crippen LogP contribution in [0.2, 0.25) is 5.02 Å². The minimum absolute atomic E-state index is 0.403. The standard InChI is InChI=1S/C14H20ClN3/c1-10-9-11(15)7-8-13(10)14(18-16)17-12-5-3-2-4-6-12/h7-9,12H,2-6,16H2,1H3,(H,17,18). The van der Waals surface area contributed by atoms with E-state index < -0.39 is 0 Å². The Morgan fingerprint density at radius 1 is 1.33 bits per heavy atom. The number of aryl methyl sites for hydroxylation is 1. The molecule has 3 N–H and O–H groups in total. The zero-order valence-corrected chi connectivity index (χ0v) is 11.5. The molecule has 0 bridgehead atoms. The minimum atomic E-state index is 0.403. The lowest BCUT2D eigenvalue weighted by atomic mass is 9.96. The Morgan fingerprint density at radius 3 is 2.67 bits per heavy atom. The lowest BCUT2D eigenvalue weighted by Crippen LogP contribution is -2.33. The van der Waals surface area contributed by atoms with E-state index in [4.69, 9.17) is 22.4 Å². The molecule has 1 fully saturated rings. The minimum Gasteiger partial charge on any atom is -0.308 e. The first-order valence-electron chi connectivity index (χ1n) is 6.51. The molecule has 0 atom stereocenters. The van der Waals surface area contributed by atoms with E-state index in [9.17, 15) is 0 Å². The predicted molar refractivity (Wildman–Crippen MR) is 76.9 cm³/mol. The van der Waals surface area contributed by atoms with Crippen LogP contribution in [0.3, 0.4) is 0 Å². The fraction of sp³-hybridized carbons (Fsp3) is 0.500. The summed E-state index contributed by atoms with van der Waals surface area (Å²) in [7, 11) is 0. The molecular formula is C14H20ClN3. The maximum Gasteiger partial charge on any atom is 0.143 e. The average molecular weight is 266 g/mol. The van der Waals surface area contributed by atoms with Crippen molar-refractivity contribution in [2.24, 2.45) is 10.8 Å². The van der Waals surface area contributed by atoms with Crippen molar-refractivity contribution in [2.45, 2.75) is 45.1 Å². The molecule has 1 aromatic carbocycles. The van der Waals surface area contributed by atoms with E-state index in [1.165, 1.54) is 19.3 Å². The van der Waals surface area contributed by atoms with E-state index in [-0.39, 0.29) is 0 Å². The number of rotatable bonds is 2. The van der Waals surface area contributed by atoms with Gasteiger partial charge in [-0.05, 0) is 43.5 Å². The monoisotopic (exact) mass is 265 g/mol. The second-order valence-electron chi connectivity index (χ2n) is 4.87. The number of hydrazine groups is 1. The molecule has 0 unspecified atom stereocenters. The highest BCUT2D eigenvalue weighted by atomic mass is 35.5. The van der Waals surface area contributed by atoms with Crippen molar-refractivity contribution >= 4 is 17.4 Å². The van der Waals surface area contributed by atoms with E-state index in [1.54, 1.807) is 0 Å². The van der Waals surface area contributed by atoms with Gasteiger partial charge in [0.05, 0.1) is 6.04 Å². The second-order valence-corrected chi connectivity index (χ2v) is 5.31. The maximum atomic E-state index is 5.97. The third kappa shape index (κ3) is 3.24. The number of benzene rings is 1. The normalized spacial score (nSPS) is 17.8. The van der Waals surface area contributed by atoms with Crippen LogP contribution in [0.5, 0.6) is 0 Å². The number of nitrogens with one attached hydrogen (secondary N) is 1. The molecule has 0 saturated heterocycles. The number of aliphatic imine (C=N–C) groups is 1. The van der Waals surface area contributed by atoms with Crippen molar-refractivity contribution < 1.29 is 0 Å². The molecule has 0 spiro atoms. The number of hydrogen-bond acceptors (Lipinski definition) is 2. The van der Waals surface area contributed by atoms with E-state index in [0.29, 0.717) is 6.04 Å². The molecule has 0 amide bonds. The molecule has 4 heteroatoms. The van der Waals surface area contributed by atoms with E-state index in [1.807, 2.05) is 25.1 Å². The summed E-state index contributed by atoms with van der Waals surface area (Å²) in [5.41, 5.74) is 4.86. The van der Waals surface area contributed by atoms with Gasteiger partial charge in [0, 0.05) is 10.6 Å². The third-order valence-electron chi connectivity index (χ3n) is 3.47. The Morgan fingerprint density at radius 2 is 2.06 bits per heavy atom. The molecule has 2 rings (SSSR count). The number of hydrogen-bond donors (Lipinski definition) is 2. The van der Waals surface area contributed by atoms with Gasteiger partial charge in [-0.3, -0.25) is 4.99 Å². The van der Waals surface area contributed by atoms with Gasteiger partial charge in [0.1, 0.15) is 5.84 Å². The van der Waals surface area contributed by atoms with Crippen LogP contribution >= 0.6 is 11.6 Å². The zero-order valence-electron chi connectivity index (χ0n) is 10.7. The molecular weight excluding hydrogens is 246 g/mol. The van der Waals surface area contributed by atoms with Crippen LogP contribution in [-0.2, 0) is 0 Å². The Bertz CT molecular complexity index is 437. The molecule has 1 saturated carbocycles. The highest BCUT2D eigenvalue weighted by Crippen LogP contribution is 2.22. The fourth-order valence-electron chi connectivity index (χ4n) is 2.47. The summed E-state index contributed by atoms with van der Waals surface area (Å²) in [6.45, 7) is 2.02. The van der Waals surface area contributed by atoms with Gasteiger partial charge in [-0.15, -0.1) is 0 Å². The molecule has 0 radical (unpaired) electrons. The Hall–Kier alpha value is -1.06. The molecule has 3 nitrogen and oxygen atoms in total. The van der Waals surface area contributed by atoms with Gasteiger partial charge < -0.3 is 5.43 Å². The van der Waals surface area contributed by atoms with Crippen molar-refractivity contribution in [3.63, 3.8) is 0 Å². The highest BCUT2D eigenvalue weighted by molar-refractivity contribution is 6.30. The van der Waals surface area contributed by atoms with Crippen molar-refractivity contribution in [1.82, 2.24) is 5.43 Å². The summed E-state index contributed by atoms with van der Waals surface area (Å²) in [5.74, 6) is 6.39. The fourth-order valence-corrected chi connectivity index (χ4v) is 2.70. The second kappa shape index (κ2) is 6.21. The highest BCUT2D eigenvalue weighted by Gasteiger charge is 2.14. The van der Waals surface area contributed by atoms with E-state index in [0.717, 1.165) is 34.8 Å². The molecule has 18 heavy (non-hydrogen) atoms. The first-order valence-corrected chi connectivity index (χ1v) is 6.89. The van der Waals surface area contributed by atoms with E-state index in [2.05, 4.69) is 5.43 Å². The molecule has 0 heterocycles. The molecule has 1 aliphatic carbocycles. The van der Waals surface area contributed by atoms with Gasteiger partial charge in [-0.1, -0.05) is 30.9 Å². The quantitative estimate of drug-likeness (QED) is 0.373. The lowest BCUT2D eigenvalue weighted by molar-refractivity contribution is 0.442. The van der Waals surface area contributed by atoms with Crippen LogP contribution in [0.15, 0.2) is 23.2 Å². The zero-order chi connectivity index (χ0) is 13.0. The van der Waals surface area contributed by atoms with Crippen molar-refractivity contribution in [2.75, 3.05) is 0 Å². The number of nitrogens with zero attached hydrogens (tertiary/aromatic N) is 1. The molecule has 1 aromatic rings. The summed E-state index contributed by atoms with van der Waals surface area (Å²) in [4.78, 5) is 4.75. The summed E-state index contributed by atoms with van der Waals surface area (Å²) in [5, 5.41) is 0.741. The third-order valence-corrected chi connectivity index (χ3v) is 3.70. The summed E-state index contributed by atoms with van der Waals surface area (Å²) >= 11 is 5.97. The van der Waals surface area contributed by atoms with Crippen LogP contribution in [-0.4, -0.2) is 11.9 Å². The summed E-state index contributed by atoms with van der Waals surface area (Å²) in [6, 6.07) is 6.18. The molecule has 0 aliphatic heterocycles. The van der Waals surface area contributed by atoms with Gasteiger partial charge >= 0.3 is 0 Å². The van der Waals surface area contributed by atoms with Crippen molar-refractivity contribution in [3.05, 3.63) is 34.3 Å². The predicted octanol–water partition coefficient (Wildman–Crippen LogP) is 3.19. The molecule has 0 aromatic heterocycles. The van der Waals surface area contributed by atoms with Gasteiger partial charge in [0.25, 0.3) is 0 Å². The smallest absolute Gasteiger partial charge is 0.143 e.